The van der Waals surface area contributed by atoms with Crippen LogP contribution in [0.25, 0.3) is 0 Å². The van der Waals surface area contributed by atoms with E-state index >= 15 is 0 Å². The molecule has 1 aromatic heterocycles. The quantitative estimate of drug-likeness (QED) is 0.730. The fourth-order valence-corrected chi connectivity index (χ4v) is 2.71. The van der Waals surface area contributed by atoms with Gasteiger partial charge in [0.1, 0.15) is 5.76 Å². The second-order valence-corrected chi connectivity index (χ2v) is 6.17. The van der Waals surface area contributed by atoms with E-state index in [2.05, 4.69) is 10.6 Å². The smallest absolute Gasteiger partial charge is 0.255 e. The summed E-state index contributed by atoms with van der Waals surface area (Å²) < 4.78 is 5.18. The molecule has 2 N–H and O–H groups in total. The van der Waals surface area contributed by atoms with Gasteiger partial charge in [-0.2, -0.15) is 0 Å². The highest BCUT2D eigenvalue weighted by Gasteiger charge is 2.10. The summed E-state index contributed by atoms with van der Waals surface area (Å²) in [7, 11) is 0. The van der Waals surface area contributed by atoms with Crippen molar-refractivity contribution in [3.8, 4) is 0 Å². The fourth-order valence-electron chi connectivity index (χ4n) is 2.71. The summed E-state index contributed by atoms with van der Waals surface area (Å²) in [5.74, 6) is 0.253. The first-order valence-corrected chi connectivity index (χ1v) is 8.31. The largest absolute Gasteiger partial charge is 0.467 e. The fraction of sp³-hybridized carbons (Fsp3) is 0.143. The number of benzene rings is 2. The number of nitrogens with one attached hydrogen (secondary N) is 2. The van der Waals surface area contributed by atoms with Crippen LogP contribution in [0.3, 0.4) is 0 Å². The van der Waals surface area contributed by atoms with E-state index in [0.29, 0.717) is 23.4 Å². The van der Waals surface area contributed by atoms with Crippen LogP contribution in [0.2, 0.25) is 0 Å². The molecule has 0 aliphatic heterocycles. The molecule has 0 saturated heterocycles. The molecule has 0 spiro atoms. The van der Waals surface area contributed by atoms with Gasteiger partial charge >= 0.3 is 0 Å². The number of carbonyl (C=O) groups is 2. The predicted molar refractivity (Wildman–Crippen MR) is 100 cm³/mol. The van der Waals surface area contributed by atoms with Crippen LogP contribution in [0.15, 0.2) is 65.3 Å². The van der Waals surface area contributed by atoms with Crippen molar-refractivity contribution < 1.29 is 14.0 Å². The first-order valence-electron chi connectivity index (χ1n) is 8.31. The molecule has 5 nitrogen and oxygen atoms in total. The molecule has 1 heterocycles. The lowest BCUT2D eigenvalue weighted by atomic mass is 10.1. The molecule has 0 unspecified atom stereocenters. The Morgan fingerprint density at radius 3 is 2.08 bits per heavy atom. The van der Waals surface area contributed by atoms with Gasteiger partial charge in [0, 0.05) is 16.8 Å². The Labute approximate surface area is 152 Å². The van der Waals surface area contributed by atoms with Crippen LogP contribution in [0, 0.1) is 13.8 Å². The van der Waals surface area contributed by atoms with Crippen molar-refractivity contribution in [3.63, 3.8) is 0 Å². The minimum absolute atomic E-state index is 0.211. The third-order valence-electron chi connectivity index (χ3n) is 3.89. The zero-order valence-corrected chi connectivity index (χ0v) is 14.7. The summed E-state index contributed by atoms with van der Waals surface area (Å²) in [6.07, 6.45) is 1.56. The maximum atomic E-state index is 12.4. The van der Waals surface area contributed by atoms with E-state index in [0.717, 1.165) is 16.8 Å². The zero-order valence-electron chi connectivity index (χ0n) is 14.7. The minimum Gasteiger partial charge on any atom is -0.467 e. The van der Waals surface area contributed by atoms with Crippen LogP contribution in [0.4, 0.5) is 5.69 Å². The molecule has 2 amide bonds. The number of anilines is 1. The predicted octanol–water partition coefficient (Wildman–Crippen LogP) is 4.08. The topological polar surface area (TPSA) is 71.3 Å². The Bertz CT molecular complexity index is 893. The second-order valence-electron chi connectivity index (χ2n) is 6.17. The van der Waals surface area contributed by atoms with Crippen LogP contribution < -0.4 is 10.6 Å². The number of carbonyl (C=O) groups excluding carboxylic acids is 2. The Morgan fingerprint density at radius 2 is 1.50 bits per heavy atom. The molecule has 0 bridgehead atoms. The second kappa shape index (κ2) is 7.70. The first-order chi connectivity index (χ1) is 12.5. The summed E-state index contributed by atoms with van der Waals surface area (Å²) in [5, 5.41) is 5.65. The third kappa shape index (κ3) is 4.39. The van der Waals surface area contributed by atoms with Crippen LogP contribution in [0.5, 0.6) is 0 Å². The molecule has 0 fully saturated rings. The number of aryl methyl sites for hydroxylation is 2. The number of hydrogen-bond donors (Lipinski definition) is 2. The van der Waals surface area contributed by atoms with Gasteiger partial charge in [-0.25, -0.2) is 0 Å². The third-order valence-corrected chi connectivity index (χ3v) is 3.89. The van der Waals surface area contributed by atoms with E-state index in [1.165, 1.54) is 0 Å². The van der Waals surface area contributed by atoms with Crippen LogP contribution >= 0.6 is 0 Å². The molecule has 5 heteroatoms. The molecular weight excluding hydrogens is 328 g/mol. The lowest BCUT2D eigenvalue weighted by molar-refractivity contribution is 0.0946. The van der Waals surface area contributed by atoms with Crippen LogP contribution in [-0.2, 0) is 6.54 Å². The summed E-state index contributed by atoms with van der Waals surface area (Å²) in [4.78, 5) is 24.5. The highest BCUT2D eigenvalue weighted by atomic mass is 16.3. The van der Waals surface area contributed by atoms with Gasteiger partial charge in [-0.1, -0.05) is 6.07 Å². The van der Waals surface area contributed by atoms with Gasteiger partial charge in [-0.05, 0) is 73.5 Å². The molecule has 26 heavy (non-hydrogen) atoms. The van der Waals surface area contributed by atoms with E-state index < -0.39 is 0 Å². The van der Waals surface area contributed by atoms with Gasteiger partial charge in [-0.3, -0.25) is 9.59 Å². The number of hydrogen-bond acceptors (Lipinski definition) is 3. The standard InChI is InChI=1S/C21H20N2O3/c1-14-10-15(2)12-18(11-14)23-21(25)17-7-5-16(6-8-17)20(24)22-13-19-4-3-9-26-19/h3-12H,13H2,1-2H3,(H,22,24)(H,23,25). The first kappa shape index (κ1) is 17.5. The van der Waals surface area contributed by atoms with Gasteiger partial charge in [0.2, 0.25) is 0 Å². The highest BCUT2D eigenvalue weighted by Crippen LogP contribution is 2.15. The molecule has 0 aliphatic carbocycles. The summed E-state index contributed by atoms with van der Waals surface area (Å²) in [6.45, 7) is 4.29. The van der Waals surface area contributed by atoms with Gasteiger partial charge in [0.25, 0.3) is 11.8 Å². The van der Waals surface area contributed by atoms with E-state index in [4.69, 9.17) is 4.42 Å². The molecular formula is C21H20N2O3. The van der Waals surface area contributed by atoms with E-state index in [1.54, 1.807) is 42.7 Å². The maximum absolute atomic E-state index is 12.4. The summed E-state index contributed by atoms with van der Waals surface area (Å²) >= 11 is 0. The lowest BCUT2D eigenvalue weighted by Gasteiger charge is -2.08. The molecule has 0 aliphatic rings. The number of amides is 2. The van der Waals surface area contributed by atoms with Crippen molar-refractivity contribution >= 4 is 17.5 Å². The number of rotatable bonds is 5. The number of furan rings is 1. The SMILES string of the molecule is Cc1cc(C)cc(NC(=O)c2ccc(C(=O)NCc3ccco3)cc2)c1. The van der Waals surface area contributed by atoms with Crippen molar-refractivity contribution in [2.75, 3.05) is 5.32 Å². The Balaban J connectivity index is 1.62. The molecule has 0 radical (unpaired) electrons. The van der Waals surface area contributed by atoms with E-state index in [1.807, 2.05) is 32.0 Å². The van der Waals surface area contributed by atoms with Crippen LogP contribution in [-0.4, -0.2) is 11.8 Å². The molecule has 132 valence electrons. The van der Waals surface area contributed by atoms with Crippen molar-refractivity contribution in [3.05, 3.63) is 88.9 Å². The van der Waals surface area contributed by atoms with Crippen molar-refractivity contribution in [1.29, 1.82) is 0 Å². The zero-order chi connectivity index (χ0) is 18.5. The summed E-state index contributed by atoms with van der Waals surface area (Å²) in [5.41, 5.74) is 3.91. The van der Waals surface area contributed by atoms with Gasteiger partial charge < -0.3 is 15.1 Å². The van der Waals surface area contributed by atoms with Crippen molar-refractivity contribution in [2.24, 2.45) is 0 Å². The molecule has 3 aromatic rings. The monoisotopic (exact) mass is 348 g/mol. The normalized spacial score (nSPS) is 10.4. The molecule has 0 atom stereocenters. The summed E-state index contributed by atoms with van der Waals surface area (Å²) in [6, 6.07) is 16.0. The average molecular weight is 348 g/mol. The van der Waals surface area contributed by atoms with Crippen molar-refractivity contribution in [2.45, 2.75) is 20.4 Å². The van der Waals surface area contributed by atoms with E-state index in [-0.39, 0.29) is 11.8 Å². The Kier molecular flexibility index (Phi) is 5.17. The molecule has 3 rings (SSSR count). The average Bonchev–Trinajstić information content (AvgIpc) is 3.12. The lowest BCUT2D eigenvalue weighted by Crippen LogP contribution is -2.22. The van der Waals surface area contributed by atoms with Gasteiger partial charge in [-0.15, -0.1) is 0 Å². The van der Waals surface area contributed by atoms with E-state index in [9.17, 15) is 9.59 Å². The van der Waals surface area contributed by atoms with Gasteiger partial charge in [0.05, 0.1) is 12.8 Å². The molecule has 2 aromatic carbocycles. The highest BCUT2D eigenvalue weighted by molar-refractivity contribution is 6.05. The molecule has 0 saturated carbocycles. The minimum atomic E-state index is -0.220. The van der Waals surface area contributed by atoms with Crippen LogP contribution in [0.1, 0.15) is 37.6 Å². The van der Waals surface area contributed by atoms with Gasteiger partial charge in [0.15, 0.2) is 0 Å². The van der Waals surface area contributed by atoms with Crippen molar-refractivity contribution in [1.82, 2.24) is 5.32 Å². The maximum Gasteiger partial charge on any atom is 0.255 e. The Morgan fingerprint density at radius 1 is 0.885 bits per heavy atom. The Hall–Kier alpha value is -3.34.